The number of ether oxygens (including phenoxy) is 1. The highest BCUT2D eigenvalue weighted by atomic mass is 35.5. The predicted molar refractivity (Wildman–Crippen MR) is 51.2 cm³/mol. The van der Waals surface area contributed by atoms with Crippen molar-refractivity contribution in [2.45, 2.75) is 0 Å². The van der Waals surface area contributed by atoms with Gasteiger partial charge in [-0.2, -0.15) is 15.0 Å². The fourth-order valence-corrected chi connectivity index (χ4v) is 0.819. The molecule has 14 heavy (non-hydrogen) atoms. The molecule has 7 heteroatoms. The SMILES string of the molecule is C=CCOc1nc(Cl)nc(NOC)n1. The minimum absolute atomic E-state index is 0.0265. The summed E-state index contributed by atoms with van der Waals surface area (Å²) >= 11 is 5.60. The second-order valence-electron chi connectivity index (χ2n) is 2.12. The van der Waals surface area contributed by atoms with Gasteiger partial charge in [0, 0.05) is 0 Å². The van der Waals surface area contributed by atoms with Crippen LogP contribution in [0.5, 0.6) is 6.01 Å². The van der Waals surface area contributed by atoms with Gasteiger partial charge in [0.15, 0.2) is 0 Å². The Morgan fingerprint density at radius 2 is 2.29 bits per heavy atom. The molecule has 1 heterocycles. The lowest BCUT2D eigenvalue weighted by Crippen LogP contribution is -2.06. The molecule has 6 nitrogen and oxygen atoms in total. The van der Waals surface area contributed by atoms with Gasteiger partial charge in [-0.25, -0.2) is 5.48 Å². The molecule has 0 spiro atoms. The first-order valence-corrected chi connectivity index (χ1v) is 4.08. The zero-order valence-electron chi connectivity index (χ0n) is 7.53. The van der Waals surface area contributed by atoms with E-state index in [1.165, 1.54) is 7.11 Å². The van der Waals surface area contributed by atoms with E-state index in [1.807, 2.05) is 0 Å². The van der Waals surface area contributed by atoms with E-state index in [2.05, 4.69) is 31.8 Å². The monoisotopic (exact) mass is 216 g/mol. The number of nitrogens with one attached hydrogen (secondary N) is 1. The van der Waals surface area contributed by atoms with E-state index < -0.39 is 0 Å². The minimum atomic E-state index is 0.0265. The molecule has 76 valence electrons. The summed E-state index contributed by atoms with van der Waals surface area (Å²) in [4.78, 5) is 15.9. The highest BCUT2D eigenvalue weighted by Gasteiger charge is 2.04. The van der Waals surface area contributed by atoms with Crippen LogP contribution in [0.4, 0.5) is 5.95 Å². The Kier molecular flexibility index (Phi) is 4.09. The summed E-state index contributed by atoms with van der Waals surface area (Å²) in [7, 11) is 1.43. The van der Waals surface area contributed by atoms with Crippen molar-refractivity contribution in [3.63, 3.8) is 0 Å². The van der Waals surface area contributed by atoms with Gasteiger partial charge >= 0.3 is 6.01 Å². The molecule has 0 atom stereocenters. The summed E-state index contributed by atoms with van der Waals surface area (Å²) < 4.78 is 5.06. The van der Waals surface area contributed by atoms with E-state index in [0.717, 1.165) is 0 Å². The van der Waals surface area contributed by atoms with Crippen LogP contribution in [0.25, 0.3) is 0 Å². The molecule has 0 aromatic carbocycles. The van der Waals surface area contributed by atoms with Crippen LogP contribution in [0.1, 0.15) is 0 Å². The molecule has 0 aliphatic rings. The molecule has 0 bridgehead atoms. The second kappa shape index (κ2) is 5.36. The summed E-state index contributed by atoms with van der Waals surface area (Å²) in [5.41, 5.74) is 2.41. The summed E-state index contributed by atoms with van der Waals surface area (Å²) in [6.07, 6.45) is 1.57. The van der Waals surface area contributed by atoms with Gasteiger partial charge in [-0.05, 0) is 11.6 Å². The number of halogens is 1. The fraction of sp³-hybridized carbons (Fsp3) is 0.286. The highest BCUT2D eigenvalue weighted by Crippen LogP contribution is 2.10. The third kappa shape index (κ3) is 3.15. The quantitative estimate of drug-likeness (QED) is 0.586. The van der Waals surface area contributed by atoms with Crippen molar-refractivity contribution >= 4 is 17.5 Å². The van der Waals surface area contributed by atoms with Gasteiger partial charge in [0.25, 0.3) is 5.95 Å². The smallest absolute Gasteiger partial charge is 0.322 e. The van der Waals surface area contributed by atoms with Crippen LogP contribution in [0.15, 0.2) is 12.7 Å². The van der Waals surface area contributed by atoms with Crippen LogP contribution in [-0.4, -0.2) is 28.7 Å². The van der Waals surface area contributed by atoms with Crippen LogP contribution in [0, 0.1) is 0 Å². The van der Waals surface area contributed by atoms with Gasteiger partial charge in [0.1, 0.15) is 6.61 Å². The van der Waals surface area contributed by atoms with Crippen LogP contribution in [0.2, 0.25) is 5.28 Å². The van der Waals surface area contributed by atoms with Gasteiger partial charge in [-0.15, -0.1) is 0 Å². The maximum Gasteiger partial charge on any atom is 0.322 e. The molecule has 0 amide bonds. The van der Waals surface area contributed by atoms with Gasteiger partial charge in [-0.3, -0.25) is 4.84 Å². The van der Waals surface area contributed by atoms with Gasteiger partial charge in [0.2, 0.25) is 5.28 Å². The molecule has 0 saturated carbocycles. The van der Waals surface area contributed by atoms with Crippen molar-refractivity contribution in [3.05, 3.63) is 17.9 Å². The first-order valence-electron chi connectivity index (χ1n) is 3.70. The Morgan fingerprint density at radius 3 is 2.93 bits per heavy atom. The third-order valence-electron chi connectivity index (χ3n) is 1.11. The molecule has 1 aromatic rings. The Labute approximate surface area is 85.9 Å². The maximum absolute atomic E-state index is 5.60. The molecular formula is C7H9ClN4O2. The standard InChI is InChI=1S/C7H9ClN4O2/c1-3-4-14-7-10-5(8)9-6(11-7)12-13-2/h3H,1,4H2,2H3,(H,9,10,11,12). The average Bonchev–Trinajstić information content (AvgIpc) is 2.14. The summed E-state index contributed by atoms with van der Waals surface area (Å²) in [5, 5.41) is 0.0265. The van der Waals surface area contributed by atoms with Crippen molar-refractivity contribution in [1.29, 1.82) is 0 Å². The number of hydrogen-bond donors (Lipinski definition) is 1. The van der Waals surface area contributed by atoms with Crippen molar-refractivity contribution in [1.82, 2.24) is 15.0 Å². The molecule has 1 N–H and O–H groups in total. The van der Waals surface area contributed by atoms with Gasteiger partial charge in [0.05, 0.1) is 7.11 Å². The molecule has 0 fully saturated rings. The molecule has 0 unspecified atom stereocenters. The first kappa shape index (κ1) is 10.7. The molecular weight excluding hydrogens is 208 g/mol. The van der Waals surface area contributed by atoms with E-state index in [0.29, 0.717) is 6.61 Å². The number of hydrogen-bond acceptors (Lipinski definition) is 6. The van der Waals surface area contributed by atoms with E-state index in [4.69, 9.17) is 16.3 Å². The summed E-state index contributed by atoms with van der Waals surface area (Å²) in [6, 6.07) is 0.115. The minimum Gasteiger partial charge on any atom is -0.459 e. The lowest BCUT2D eigenvalue weighted by Gasteiger charge is -2.04. The fourth-order valence-electron chi connectivity index (χ4n) is 0.667. The lowest BCUT2D eigenvalue weighted by atomic mass is 10.7. The average molecular weight is 217 g/mol. The number of rotatable bonds is 5. The maximum atomic E-state index is 5.60. The second-order valence-corrected chi connectivity index (χ2v) is 2.45. The third-order valence-corrected chi connectivity index (χ3v) is 1.28. The van der Waals surface area contributed by atoms with Crippen molar-refractivity contribution < 1.29 is 9.57 Å². The Hall–Kier alpha value is -1.40. The van der Waals surface area contributed by atoms with Gasteiger partial charge < -0.3 is 4.74 Å². The van der Waals surface area contributed by atoms with Crippen molar-refractivity contribution in [3.8, 4) is 6.01 Å². The normalized spacial score (nSPS) is 9.57. The van der Waals surface area contributed by atoms with E-state index in [1.54, 1.807) is 6.08 Å². The topological polar surface area (TPSA) is 69.2 Å². The molecule has 0 aliphatic heterocycles. The van der Waals surface area contributed by atoms with Crippen LogP contribution in [-0.2, 0) is 4.84 Å². The Bertz CT molecular complexity index is 321. The van der Waals surface area contributed by atoms with Crippen LogP contribution >= 0.6 is 11.6 Å². The van der Waals surface area contributed by atoms with E-state index >= 15 is 0 Å². The van der Waals surface area contributed by atoms with Crippen LogP contribution < -0.4 is 10.2 Å². The Morgan fingerprint density at radius 1 is 1.50 bits per heavy atom. The predicted octanol–water partition coefficient (Wildman–Crippen LogP) is 1.06. The molecule has 0 saturated heterocycles. The number of nitrogens with zero attached hydrogens (tertiary/aromatic N) is 3. The molecule has 1 aromatic heterocycles. The zero-order chi connectivity index (χ0) is 10.4. The summed E-state index contributed by atoms with van der Waals surface area (Å²) in [6.45, 7) is 3.79. The van der Waals surface area contributed by atoms with Gasteiger partial charge in [-0.1, -0.05) is 12.7 Å². The number of aromatic nitrogens is 3. The number of anilines is 1. The van der Waals surface area contributed by atoms with E-state index in [9.17, 15) is 0 Å². The highest BCUT2D eigenvalue weighted by molar-refractivity contribution is 6.28. The molecule has 0 radical (unpaired) electrons. The Balaban J connectivity index is 2.77. The first-order chi connectivity index (χ1) is 6.76. The lowest BCUT2D eigenvalue weighted by molar-refractivity contribution is 0.264. The van der Waals surface area contributed by atoms with Crippen molar-refractivity contribution in [2.24, 2.45) is 0 Å². The van der Waals surface area contributed by atoms with E-state index in [-0.39, 0.29) is 17.2 Å². The molecule has 0 aliphatic carbocycles. The summed E-state index contributed by atoms with van der Waals surface area (Å²) in [5.74, 6) is 0.187. The zero-order valence-corrected chi connectivity index (χ0v) is 8.28. The largest absolute Gasteiger partial charge is 0.459 e. The molecule has 1 rings (SSSR count). The van der Waals surface area contributed by atoms with Crippen LogP contribution in [0.3, 0.4) is 0 Å². The van der Waals surface area contributed by atoms with Crippen molar-refractivity contribution in [2.75, 3.05) is 19.2 Å².